The van der Waals surface area contributed by atoms with Gasteiger partial charge in [0.1, 0.15) is 12.1 Å². The highest BCUT2D eigenvalue weighted by atomic mass is 79.9. The lowest BCUT2D eigenvalue weighted by atomic mass is 10.1. The Labute approximate surface area is 190 Å². The van der Waals surface area contributed by atoms with Crippen LogP contribution in [0.1, 0.15) is 0 Å². The molecule has 0 aliphatic carbocycles. The van der Waals surface area contributed by atoms with Gasteiger partial charge in [0.15, 0.2) is 5.65 Å². The van der Waals surface area contributed by atoms with Gasteiger partial charge in [-0.1, -0.05) is 46.3 Å². The molecule has 0 bridgehead atoms. The van der Waals surface area contributed by atoms with E-state index in [2.05, 4.69) is 73.0 Å². The second-order valence-corrected chi connectivity index (χ2v) is 8.04. The maximum Gasteiger partial charge on any atom is 0.150 e. The van der Waals surface area contributed by atoms with Crippen molar-refractivity contribution in [2.24, 2.45) is 0 Å². The standard InChI is InChI=1S/C24H25BrN4O2/c1-30-14-12-28(13-15-31-2)23-22-21(18-6-4-3-5-7-18)16-29(24(22)27-17-26-23)20-10-8-19(25)9-11-20/h3-11,16-17H,12-15H2,1-2H3. The number of hydrogen-bond donors (Lipinski definition) is 0. The first-order valence-electron chi connectivity index (χ1n) is 10.1. The van der Waals surface area contributed by atoms with Crippen molar-refractivity contribution < 1.29 is 9.47 Å². The Kier molecular flexibility index (Phi) is 6.96. The minimum atomic E-state index is 0.600. The van der Waals surface area contributed by atoms with E-state index >= 15 is 0 Å². The molecule has 6 nitrogen and oxygen atoms in total. The Bertz CT molecular complexity index is 1120. The molecular formula is C24H25BrN4O2. The highest BCUT2D eigenvalue weighted by Crippen LogP contribution is 2.36. The van der Waals surface area contributed by atoms with Crippen LogP contribution in [0.5, 0.6) is 0 Å². The molecule has 0 atom stereocenters. The third-order valence-corrected chi connectivity index (χ3v) is 5.71. The topological polar surface area (TPSA) is 52.4 Å². The van der Waals surface area contributed by atoms with E-state index in [0.29, 0.717) is 26.3 Å². The number of aromatic nitrogens is 3. The van der Waals surface area contributed by atoms with E-state index < -0.39 is 0 Å². The molecule has 2 heterocycles. The monoisotopic (exact) mass is 480 g/mol. The molecule has 4 rings (SSSR count). The number of hydrogen-bond acceptors (Lipinski definition) is 5. The molecule has 0 fully saturated rings. The molecule has 2 aromatic heterocycles. The number of benzene rings is 2. The predicted octanol–water partition coefficient (Wildman–Crippen LogP) is 4.95. The van der Waals surface area contributed by atoms with Gasteiger partial charge in [-0.15, -0.1) is 0 Å². The Morgan fingerprint density at radius 1 is 0.903 bits per heavy atom. The molecule has 4 aromatic rings. The number of anilines is 1. The summed E-state index contributed by atoms with van der Waals surface area (Å²) in [6, 6.07) is 18.6. The molecule has 31 heavy (non-hydrogen) atoms. The SMILES string of the molecule is COCCN(CCOC)c1ncnc2c1c(-c1ccccc1)cn2-c1ccc(Br)cc1. The normalized spacial score (nSPS) is 11.2. The number of halogens is 1. The molecule has 2 aromatic carbocycles. The average molecular weight is 481 g/mol. The van der Waals surface area contributed by atoms with Gasteiger partial charge >= 0.3 is 0 Å². The van der Waals surface area contributed by atoms with E-state index in [1.165, 1.54) is 0 Å². The lowest BCUT2D eigenvalue weighted by Gasteiger charge is -2.24. The van der Waals surface area contributed by atoms with E-state index in [0.717, 1.165) is 38.1 Å². The van der Waals surface area contributed by atoms with Gasteiger partial charge in [0, 0.05) is 49.2 Å². The Morgan fingerprint density at radius 2 is 1.58 bits per heavy atom. The van der Waals surface area contributed by atoms with E-state index in [4.69, 9.17) is 14.5 Å². The fraction of sp³-hybridized carbons (Fsp3) is 0.250. The molecule has 0 spiro atoms. The van der Waals surface area contributed by atoms with Gasteiger partial charge in [0.25, 0.3) is 0 Å². The van der Waals surface area contributed by atoms with Crippen molar-refractivity contribution in [2.45, 2.75) is 0 Å². The van der Waals surface area contributed by atoms with Crippen LogP contribution >= 0.6 is 15.9 Å². The minimum absolute atomic E-state index is 0.600. The molecular weight excluding hydrogens is 456 g/mol. The van der Waals surface area contributed by atoms with E-state index in [9.17, 15) is 0 Å². The molecule has 160 valence electrons. The van der Waals surface area contributed by atoms with Crippen molar-refractivity contribution >= 4 is 32.8 Å². The third kappa shape index (κ3) is 4.63. The molecule has 0 aliphatic heterocycles. The van der Waals surface area contributed by atoms with Crippen LogP contribution in [-0.4, -0.2) is 55.1 Å². The van der Waals surface area contributed by atoms with Gasteiger partial charge in [0.2, 0.25) is 0 Å². The van der Waals surface area contributed by atoms with Crippen molar-refractivity contribution in [3.63, 3.8) is 0 Å². The summed E-state index contributed by atoms with van der Waals surface area (Å²) in [4.78, 5) is 11.6. The zero-order valence-corrected chi connectivity index (χ0v) is 19.2. The summed E-state index contributed by atoms with van der Waals surface area (Å²) in [5, 5.41) is 1.02. The Balaban J connectivity index is 1.94. The first-order chi connectivity index (χ1) is 15.2. The predicted molar refractivity (Wildman–Crippen MR) is 128 cm³/mol. The summed E-state index contributed by atoms with van der Waals surface area (Å²) < 4.78 is 13.9. The molecule has 0 amide bonds. The van der Waals surface area contributed by atoms with Crippen LogP contribution in [-0.2, 0) is 9.47 Å². The van der Waals surface area contributed by atoms with Crippen LogP contribution in [0.3, 0.4) is 0 Å². The minimum Gasteiger partial charge on any atom is -0.383 e. The number of nitrogens with zero attached hydrogens (tertiary/aromatic N) is 4. The molecule has 0 saturated carbocycles. The lowest BCUT2D eigenvalue weighted by molar-refractivity contribution is 0.190. The summed E-state index contributed by atoms with van der Waals surface area (Å²) in [5.74, 6) is 0.883. The number of ether oxygens (including phenoxy) is 2. The van der Waals surface area contributed by atoms with Gasteiger partial charge in [0.05, 0.1) is 18.6 Å². The van der Waals surface area contributed by atoms with Crippen molar-refractivity contribution in [3.05, 3.63) is 71.6 Å². The summed E-state index contributed by atoms with van der Waals surface area (Å²) in [6.07, 6.45) is 3.78. The first-order valence-corrected chi connectivity index (χ1v) is 10.9. The maximum atomic E-state index is 5.35. The molecule has 0 unspecified atom stereocenters. The van der Waals surface area contributed by atoms with Gasteiger partial charge in [-0.25, -0.2) is 9.97 Å². The van der Waals surface area contributed by atoms with Crippen LogP contribution in [0, 0.1) is 0 Å². The fourth-order valence-corrected chi connectivity index (χ4v) is 3.91. The number of methoxy groups -OCH3 is 2. The second kappa shape index (κ2) is 10.0. The first kappa shape index (κ1) is 21.5. The van der Waals surface area contributed by atoms with Crippen molar-refractivity contribution in [2.75, 3.05) is 45.4 Å². The van der Waals surface area contributed by atoms with Crippen molar-refractivity contribution in [1.82, 2.24) is 14.5 Å². The third-order valence-electron chi connectivity index (χ3n) is 5.18. The molecule has 0 aliphatic rings. The number of rotatable bonds is 9. The van der Waals surface area contributed by atoms with Crippen LogP contribution in [0.4, 0.5) is 5.82 Å². The molecule has 7 heteroatoms. The van der Waals surface area contributed by atoms with Crippen LogP contribution in [0.2, 0.25) is 0 Å². The number of fused-ring (bicyclic) bond motifs is 1. The van der Waals surface area contributed by atoms with E-state index in [-0.39, 0.29) is 0 Å². The van der Waals surface area contributed by atoms with Crippen LogP contribution in [0.15, 0.2) is 71.6 Å². The van der Waals surface area contributed by atoms with E-state index in [1.807, 2.05) is 18.2 Å². The summed E-state index contributed by atoms with van der Waals surface area (Å²) in [7, 11) is 3.42. The molecule has 0 radical (unpaired) electrons. The molecule has 0 saturated heterocycles. The zero-order chi connectivity index (χ0) is 21.6. The van der Waals surface area contributed by atoms with Crippen LogP contribution < -0.4 is 4.90 Å². The highest BCUT2D eigenvalue weighted by molar-refractivity contribution is 9.10. The van der Waals surface area contributed by atoms with Gasteiger partial charge in [-0.3, -0.25) is 0 Å². The fourth-order valence-electron chi connectivity index (χ4n) is 3.65. The largest absolute Gasteiger partial charge is 0.383 e. The average Bonchev–Trinajstić information content (AvgIpc) is 3.20. The highest BCUT2D eigenvalue weighted by Gasteiger charge is 2.20. The molecule has 0 N–H and O–H groups in total. The van der Waals surface area contributed by atoms with Gasteiger partial charge in [-0.05, 0) is 29.8 Å². The smallest absolute Gasteiger partial charge is 0.150 e. The Hall–Kier alpha value is -2.74. The Morgan fingerprint density at radius 3 is 2.23 bits per heavy atom. The quantitative estimate of drug-likeness (QED) is 0.339. The second-order valence-electron chi connectivity index (χ2n) is 7.12. The van der Waals surface area contributed by atoms with E-state index in [1.54, 1.807) is 20.5 Å². The lowest BCUT2D eigenvalue weighted by Crippen LogP contribution is -2.31. The maximum absolute atomic E-state index is 5.35. The van der Waals surface area contributed by atoms with Gasteiger partial charge < -0.3 is 18.9 Å². The van der Waals surface area contributed by atoms with Crippen LogP contribution in [0.25, 0.3) is 27.8 Å². The zero-order valence-electron chi connectivity index (χ0n) is 17.7. The summed E-state index contributed by atoms with van der Waals surface area (Å²) >= 11 is 3.52. The van der Waals surface area contributed by atoms with Crippen molar-refractivity contribution in [1.29, 1.82) is 0 Å². The summed E-state index contributed by atoms with van der Waals surface area (Å²) in [6.45, 7) is 2.62. The summed E-state index contributed by atoms with van der Waals surface area (Å²) in [5.41, 5.74) is 4.12. The van der Waals surface area contributed by atoms with Gasteiger partial charge in [-0.2, -0.15) is 0 Å². The van der Waals surface area contributed by atoms with Crippen molar-refractivity contribution in [3.8, 4) is 16.8 Å².